The molecule has 1 heterocycles. The highest BCUT2D eigenvalue weighted by molar-refractivity contribution is 7.98. The number of para-hydroxylation sites is 1. The topological polar surface area (TPSA) is 45.1 Å². The van der Waals surface area contributed by atoms with Crippen LogP contribution in [-0.2, 0) is 0 Å². The minimum atomic E-state index is -0.809. The normalized spacial score (nSPS) is 14.2. The van der Waals surface area contributed by atoms with Crippen molar-refractivity contribution in [3.63, 3.8) is 0 Å². The molecule has 0 spiro atoms. The highest BCUT2D eigenvalue weighted by Gasteiger charge is 2.19. The second-order valence-electron chi connectivity index (χ2n) is 5.23. The van der Waals surface area contributed by atoms with Crippen molar-refractivity contribution in [2.24, 2.45) is 0 Å². The van der Waals surface area contributed by atoms with E-state index in [1.807, 2.05) is 25.3 Å². The molecular formula is C15H19FN2OS. The maximum atomic E-state index is 13.8. The predicted octanol–water partition coefficient (Wildman–Crippen LogP) is 3.21. The first-order valence-corrected chi connectivity index (χ1v) is 7.83. The highest BCUT2D eigenvalue weighted by Crippen LogP contribution is 2.25. The summed E-state index contributed by atoms with van der Waals surface area (Å²) in [5.41, 5.74) is 1.10. The number of anilines is 1. The van der Waals surface area contributed by atoms with Crippen molar-refractivity contribution < 1.29 is 9.50 Å². The Bertz CT molecular complexity index is 616. The van der Waals surface area contributed by atoms with Crippen LogP contribution >= 0.6 is 11.8 Å². The first-order valence-electron chi connectivity index (χ1n) is 6.44. The van der Waals surface area contributed by atoms with Gasteiger partial charge in [0.2, 0.25) is 0 Å². The second kappa shape index (κ2) is 5.97. The number of aromatic nitrogens is 1. The number of thioether (sulfide) groups is 1. The molecule has 2 N–H and O–H groups in total. The van der Waals surface area contributed by atoms with Crippen molar-refractivity contribution in [1.82, 2.24) is 4.98 Å². The summed E-state index contributed by atoms with van der Waals surface area (Å²) in [6.45, 7) is 4.02. The van der Waals surface area contributed by atoms with Gasteiger partial charge in [0.1, 0.15) is 11.3 Å². The van der Waals surface area contributed by atoms with E-state index in [4.69, 9.17) is 0 Å². The number of fused-ring (bicyclic) bond motifs is 1. The quantitative estimate of drug-likeness (QED) is 0.889. The van der Waals surface area contributed by atoms with Gasteiger partial charge >= 0.3 is 0 Å². The Morgan fingerprint density at radius 2 is 2.20 bits per heavy atom. The molecule has 2 aromatic rings. The number of pyridine rings is 1. The van der Waals surface area contributed by atoms with Gasteiger partial charge in [-0.2, -0.15) is 11.8 Å². The first kappa shape index (κ1) is 15.1. The van der Waals surface area contributed by atoms with Crippen LogP contribution in [0, 0.1) is 12.7 Å². The summed E-state index contributed by atoms with van der Waals surface area (Å²) in [6.07, 6.45) is 1.95. The van der Waals surface area contributed by atoms with Gasteiger partial charge < -0.3 is 10.4 Å². The van der Waals surface area contributed by atoms with Gasteiger partial charge in [-0.3, -0.25) is 0 Å². The Hall–Kier alpha value is -1.33. The SMILES string of the molecule is CSCC(C)(O)CNc1cc(C)nc2c(F)cccc12. The molecule has 1 atom stereocenters. The zero-order chi connectivity index (χ0) is 14.8. The molecule has 3 nitrogen and oxygen atoms in total. The summed E-state index contributed by atoms with van der Waals surface area (Å²) in [6, 6.07) is 6.77. The Morgan fingerprint density at radius 1 is 1.45 bits per heavy atom. The molecule has 0 bridgehead atoms. The van der Waals surface area contributed by atoms with Gasteiger partial charge in [-0.25, -0.2) is 9.37 Å². The first-order chi connectivity index (χ1) is 9.43. The van der Waals surface area contributed by atoms with Crippen molar-refractivity contribution in [2.45, 2.75) is 19.4 Å². The summed E-state index contributed by atoms with van der Waals surface area (Å²) >= 11 is 1.59. The van der Waals surface area contributed by atoms with Gasteiger partial charge in [-0.1, -0.05) is 12.1 Å². The lowest BCUT2D eigenvalue weighted by Gasteiger charge is -2.23. The lowest BCUT2D eigenvalue weighted by molar-refractivity contribution is 0.0997. The van der Waals surface area contributed by atoms with Crippen LogP contribution in [0.1, 0.15) is 12.6 Å². The smallest absolute Gasteiger partial charge is 0.149 e. The van der Waals surface area contributed by atoms with E-state index < -0.39 is 5.60 Å². The van der Waals surface area contributed by atoms with E-state index in [0.29, 0.717) is 17.8 Å². The third-order valence-corrected chi connectivity index (χ3v) is 3.94. The average molecular weight is 294 g/mol. The minimum Gasteiger partial charge on any atom is -0.387 e. The van der Waals surface area contributed by atoms with Gasteiger partial charge in [0.05, 0.1) is 5.60 Å². The fourth-order valence-electron chi connectivity index (χ4n) is 2.14. The molecule has 0 fully saturated rings. The summed E-state index contributed by atoms with van der Waals surface area (Å²) in [5, 5.41) is 14.1. The molecule has 1 aromatic carbocycles. The molecule has 0 amide bonds. The average Bonchev–Trinajstić information content (AvgIpc) is 2.37. The molecule has 108 valence electrons. The van der Waals surface area contributed by atoms with E-state index >= 15 is 0 Å². The largest absolute Gasteiger partial charge is 0.387 e. The van der Waals surface area contributed by atoms with E-state index in [9.17, 15) is 9.50 Å². The number of hydrogen-bond donors (Lipinski definition) is 2. The van der Waals surface area contributed by atoms with E-state index in [1.165, 1.54) is 6.07 Å². The van der Waals surface area contributed by atoms with Crippen LogP contribution < -0.4 is 5.32 Å². The number of nitrogens with zero attached hydrogens (tertiary/aromatic N) is 1. The van der Waals surface area contributed by atoms with Gasteiger partial charge in [-0.15, -0.1) is 0 Å². The Kier molecular flexibility index (Phi) is 4.50. The molecule has 20 heavy (non-hydrogen) atoms. The molecule has 5 heteroatoms. The van der Waals surface area contributed by atoms with E-state index in [-0.39, 0.29) is 5.82 Å². The number of hydrogen-bond acceptors (Lipinski definition) is 4. The molecule has 1 aromatic heterocycles. The van der Waals surface area contributed by atoms with Crippen LogP contribution in [0.25, 0.3) is 10.9 Å². The molecule has 0 radical (unpaired) electrons. The number of rotatable bonds is 5. The van der Waals surface area contributed by atoms with E-state index in [0.717, 1.165) is 16.8 Å². The number of nitrogens with one attached hydrogen (secondary N) is 1. The summed E-state index contributed by atoms with van der Waals surface area (Å²) < 4.78 is 13.8. The van der Waals surface area contributed by atoms with Crippen LogP contribution in [0.2, 0.25) is 0 Å². The second-order valence-corrected chi connectivity index (χ2v) is 6.10. The van der Waals surface area contributed by atoms with E-state index in [1.54, 1.807) is 24.8 Å². The predicted molar refractivity (Wildman–Crippen MR) is 83.9 cm³/mol. The fraction of sp³-hybridized carbons (Fsp3) is 0.400. The van der Waals surface area contributed by atoms with Crippen LogP contribution in [0.3, 0.4) is 0 Å². The maximum Gasteiger partial charge on any atom is 0.149 e. The molecule has 2 rings (SSSR count). The zero-order valence-electron chi connectivity index (χ0n) is 11.9. The molecular weight excluding hydrogens is 275 g/mol. The van der Waals surface area contributed by atoms with Gasteiger partial charge in [-0.05, 0) is 32.2 Å². The van der Waals surface area contributed by atoms with Crippen LogP contribution in [-0.4, -0.2) is 34.2 Å². The molecule has 1 unspecified atom stereocenters. The Balaban J connectivity index is 2.32. The van der Waals surface area contributed by atoms with Gasteiger partial charge in [0.15, 0.2) is 0 Å². The number of aryl methyl sites for hydroxylation is 1. The molecule has 0 aliphatic rings. The molecule has 0 aliphatic heterocycles. The van der Waals surface area contributed by atoms with Crippen molar-refractivity contribution in [3.05, 3.63) is 35.8 Å². The Morgan fingerprint density at radius 3 is 2.90 bits per heavy atom. The monoisotopic (exact) mass is 294 g/mol. The molecule has 0 saturated carbocycles. The lowest BCUT2D eigenvalue weighted by atomic mass is 10.1. The van der Waals surface area contributed by atoms with Gasteiger partial charge in [0.25, 0.3) is 0 Å². The minimum absolute atomic E-state index is 0.329. The Labute approximate surface area is 122 Å². The molecule has 0 aliphatic carbocycles. The number of halogens is 1. The summed E-state index contributed by atoms with van der Waals surface area (Å²) in [7, 11) is 0. The van der Waals surface area contributed by atoms with Crippen molar-refractivity contribution in [3.8, 4) is 0 Å². The van der Waals surface area contributed by atoms with Crippen molar-refractivity contribution in [1.29, 1.82) is 0 Å². The number of aliphatic hydroxyl groups is 1. The maximum absolute atomic E-state index is 13.8. The zero-order valence-corrected chi connectivity index (χ0v) is 12.7. The van der Waals surface area contributed by atoms with Crippen LogP contribution in [0.15, 0.2) is 24.3 Å². The van der Waals surface area contributed by atoms with Crippen LogP contribution in [0.4, 0.5) is 10.1 Å². The van der Waals surface area contributed by atoms with Crippen molar-refractivity contribution >= 4 is 28.4 Å². The molecule has 0 saturated heterocycles. The van der Waals surface area contributed by atoms with Crippen molar-refractivity contribution in [2.75, 3.05) is 23.9 Å². The van der Waals surface area contributed by atoms with E-state index in [2.05, 4.69) is 10.3 Å². The summed E-state index contributed by atoms with van der Waals surface area (Å²) in [4.78, 5) is 4.23. The van der Waals surface area contributed by atoms with Gasteiger partial charge in [0, 0.05) is 29.1 Å². The third-order valence-electron chi connectivity index (χ3n) is 3.03. The summed E-state index contributed by atoms with van der Waals surface area (Å²) in [5.74, 6) is 0.307. The highest BCUT2D eigenvalue weighted by atomic mass is 32.2. The third kappa shape index (κ3) is 3.41. The fourth-order valence-corrected chi connectivity index (χ4v) is 2.86. The van der Waals surface area contributed by atoms with Crippen LogP contribution in [0.5, 0.6) is 0 Å². The number of benzene rings is 1. The lowest BCUT2D eigenvalue weighted by Crippen LogP contribution is -2.36. The standard InChI is InChI=1S/C15H19FN2OS/c1-10-7-13(17-8-15(2,19)9-20-3)11-5-4-6-12(16)14(11)18-10/h4-7,19H,8-9H2,1-3H3,(H,17,18).